The predicted octanol–water partition coefficient (Wildman–Crippen LogP) is 0.671. The number of amidine groups is 1. The van der Waals surface area contributed by atoms with Crippen LogP contribution in [0.15, 0.2) is 23.2 Å². The van der Waals surface area contributed by atoms with E-state index in [1.165, 1.54) is 0 Å². The minimum atomic E-state index is 0.111. The number of benzene rings is 1. The number of aliphatic imine (C=N–C) groups is 1. The van der Waals surface area contributed by atoms with Gasteiger partial charge in [-0.25, -0.2) is 4.99 Å². The molecule has 3 rings (SSSR count). The molecule has 0 bridgehead atoms. The second-order valence-electron chi connectivity index (χ2n) is 3.82. The average molecular weight is 220 g/mol. The summed E-state index contributed by atoms with van der Waals surface area (Å²) < 4.78 is 15.7. The molecule has 0 fully saturated rings. The molecule has 0 aliphatic carbocycles. The van der Waals surface area contributed by atoms with Crippen LogP contribution in [0.25, 0.3) is 0 Å². The van der Waals surface area contributed by atoms with E-state index in [0.717, 1.165) is 23.5 Å². The van der Waals surface area contributed by atoms with Gasteiger partial charge in [-0.2, -0.15) is 0 Å². The summed E-state index contributed by atoms with van der Waals surface area (Å²) in [5, 5.41) is 0. The van der Waals surface area contributed by atoms with Gasteiger partial charge in [0, 0.05) is 0 Å². The maximum Gasteiger partial charge on any atom is 0.282 e. The van der Waals surface area contributed by atoms with E-state index in [1.54, 1.807) is 0 Å². The molecule has 0 saturated heterocycles. The van der Waals surface area contributed by atoms with Crippen molar-refractivity contribution in [3.63, 3.8) is 0 Å². The monoisotopic (exact) mass is 220 g/mol. The third-order valence-electron chi connectivity index (χ3n) is 2.64. The van der Waals surface area contributed by atoms with Crippen LogP contribution in [-0.2, 0) is 11.2 Å². The van der Waals surface area contributed by atoms with Gasteiger partial charge >= 0.3 is 0 Å². The Morgan fingerprint density at radius 1 is 1.25 bits per heavy atom. The first-order valence-corrected chi connectivity index (χ1v) is 5.16. The van der Waals surface area contributed by atoms with Crippen LogP contribution in [0.2, 0.25) is 0 Å². The van der Waals surface area contributed by atoms with Crippen molar-refractivity contribution < 1.29 is 14.2 Å². The summed E-state index contributed by atoms with van der Waals surface area (Å²) in [6, 6.07) is 6.30. The summed E-state index contributed by atoms with van der Waals surface area (Å²) in [5.74, 6) is 1.60. The second-order valence-corrected chi connectivity index (χ2v) is 3.82. The van der Waals surface area contributed by atoms with Gasteiger partial charge in [-0.15, -0.1) is 0 Å². The number of nitrogens with two attached hydrogens (primary N) is 1. The molecule has 1 aromatic rings. The van der Waals surface area contributed by atoms with Gasteiger partial charge in [0.05, 0.1) is 6.04 Å². The Hall–Kier alpha value is -1.91. The summed E-state index contributed by atoms with van der Waals surface area (Å²) >= 11 is 0. The zero-order chi connectivity index (χ0) is 11.0. The SMILES string of the molecule is NC1=NC(Cc2ccc3c(c2)OCO3)CO1. The molecule has 84 valence electrons. The van der Waals surface area contributed by atoms with Gasteiger partial charge in [-0.1, -0.05) is 6.07 Å². The van der Waals surface area contributed by atoms with E-state index in [9.17, 15) is 0 Å². The van der Waals surface area contributed by atoms with Gasteiger partial charge in [-0.05, 0) is 24.1 Å². The molecular weight excluding hydrogens is 208 g/mol. The fraction of sp³-hybridized carbons (Fsp3) is 0.364. The molecule has 2 aliphatic heterocycles. The molecule has 2 heterocycles. The summed E-state index contributed by atoms with van der Waals surface area (Å²) in [6.07, 6.45) is 0.803. The molecular formula is C11H12N2O3. The van der Waals surface area contributed by atoms with Crippen LogP contribution in [0.5, 0.6) is 11.5 Å². The highest BCUT2D eigenvalue weighted by Gasteiger charge is 2.19. The summed E-state index contributed by atoms with van der Waals surface area (Å²) in [6.45, 7) is 0.858. The van der Waals surface area contributed by atoms with Crippen LogP contribution < -0.4 is 15.2 Å². The highest BCUT2D eigenvalue weighted by Crippen LogP contribution is 2.33. The normalized spacial score (nSPS) is 21.8. The lowest BCUT2D eigenvalue weighted by Crippen LogP contribution is -2.11. The van der Waals surface area contributed by atoms with Gasteiger partial charge in [0.25, 0.3) is 6.02 Å². The van der Waals surface area contributed by atoms with Gasteiger partial charge < -0.3 is 19.9 Å². The topological polar surface area (TPSA) is 66.1 Å². The maximum absolute atomic E-state index is 5.45. The molecule has 2 N–H and O–H groups in total. The van der Waals surface area contributed by atoms with E-state index in [0.29, 0.717) is 13.4 Å². The summed E-state index contributed by atoms with van der Waals surface area (Å²) in [4.78, 5) is 4.18. The minimum absolute atomic E-state index is 0.111. The fourth-order valence-corrected chi connectivity index (χ4v) is 1.88. The maximum atomic E-state index is 5.45. The Bertz CT molecular complexity index is 445. The van der Waals surface area contributed by atoms with Crippen LogP contribution in [0, 0.1) is 0 Å². The lowest BCUT2D eigenvalue weighted by Gasteiger charge is -2.05. The van der Waals surface area contributed by atoms with Crippen molar-refractivity contribution in [1.29, 1.82) is 0 Å². The lowest BCUT2D eigenvalue weighted by molar-refractivity contribution is 0.174. The molecule has 2 aliphatic rings. The van der Waals surface area contributed by atoms with Crippen LogP contribution in [-0.4, -0.2) is 25.5 Å². The van der Waals surface area contributed by atoms with Crippen LogP contribution in [0.4, 0.5) is 0 Å². The average Bonchev–Trinajstić information content (AvgIpc) is 2.87. The molecule has 0 radical (unpaired) electrons. The quantitative estimate of drug-likeness (QED) is 0.795. The molecule has 5 heteroatoms. The Morgan fingerprint density at radius 2 is 2.12 bits per heavy atom. The number of hydrogen-bond acceptors (Lipinski definition) is 5. The molecule has 1 atom stereocenters. The molecule has 1 aromatic carbocycles. The smallest absolute Gasteiger partial charge is 0.282 e. The minimum Gasteiger partial charge on any atom is -0.463 e. The number of nitrogens with zero attached hydrogens (tertiary/aromatic N) is 1. The molecule has 0 saturated carbocycles. The Morgan fingerprint density at radius 3 is 2.94 bits per heavy atom. The van der Waals surface area contributed by atoms with Crippen molar-refractivity contribution in [2.45, 2.75) is 12.5 Å². The Balaban J connectivity index is 1.75. The van der Waals surface area contributed by atoms with E-state index in [1.807, 2.05) is 18.2 Å². The van der Waals surface area contributed by atoms with E-state index in [-0.39, 0.29) is 12.1 Å². The van der Waals surface area contributed by atoms with Gasteiger partial charge in [0.15, 0.2) is 11.5 Å². The fourth-order valence-electron chi connectivity index (χ4n) is 1.88. The highest BCUT2D eigenvalue weighted by molar-refractivity contribution is 5.73. The Kier molecular flexibility index (Phi) is 2.09. The van der Waals surface area contributed by atoms with Gasteiger partial charge in [0.2, 0.25) is 6.79 Å². The zero-order valence-electron chi connectivity index (χ0n) is 8.68. The zero-order valence-corrected chi connectivity index (χ0v) is 8.68. The molecule has 0 aromatic heterocycles. The van der Waals surface area contributed by atoms with Crippen molar-refractivity contribution in [2.75, 3.05) is 13.4 Å². The number of rotatable bonds is 2. The largest absolute Gasteiger partial charge is 0.463 e. The van der Waals surface area contributed by atoms with E-state index in [4.69, 9.17) is 19.9 Å². The second kappa shape index (κ2) is 3.59. The summed E-state index contributed by atoms with van der Waals surface area (Å²) in [5.41, 5.74) is 6.60. The predicted molar refractivity (Wildman–Crippen MR) is 57.6 cm³/mol. The van der Waals surface area contributed by atoms with E-state index in [2.05, 4.69) is 4.99 Å². The van der Waals surface area contributed by atoms with Crippen molar-refractivity contribution in [3.8, 4) is 11.5 Å². The van der Waals surface area contributed by atoms with Crippen LogP contribution in [0.3, 0.4) is 0 Å². The highest BCUT2D eigenvalue weighted by atomic mass is 16.7. The number of ether oxygens (including phenoxy) is 3. The van der Waals surface area contributed by atoms with Crippen molar-refractivity contribution >= 4 is 6.02 Å². The first-order chi connectivity index (χ1) is 7.81. The van der Waals surface area contributed by atoms with Gasteiger partial charge in [0.1, 0.15) is 6.61 Å². The standard InChI is InChI=1S/C11H12N2O3/c12-11-13-8(5-14-11)3-7-1-2-9-10(4-7)16-6-15-9/h1-2,4,8H,3,5-6H2,(H2,12,13). The van der Waals surface area contributed by atoms with E-state index >= 15 is 0 Å². The van der Waals surface area contributed by atoms with Crippen molar-refractivity contribution in [3.05, 3.63) is 23.8 Å². The molecule has 1 unspecified atom stereocenters. The first kappa shape index (κ1) is 9.33. The summed E-state index contributed by atoms with van der Waals surface area (Å²) in [7, 11) is 0. The molecule has 5 nitrogen and oxygen atoms in total. The third kappa shape index (κ3) is 1.64. The van der Waals surface area contributed by atoms with Crippen LogP contribution >= 0.6 is 0 Å². The Labute approximate surface area is 92.8 Å². The number of fused-ring (bicyclic) bond motifs is 1. The van der Waals surface area contributed by atoms with Crippen molar-refractivity contribution in [1.82, 2.24) is 0 Å². The molecule has 0 spiro atoms. The van der Waals surface area contributed by atoms with E-state index < -0.39 is 0 Å². The molecule has 0 amide bonds. The van der Waals surface area contributed by atoms with Gasteiger partial charge in [-0.3, -0.25) is 0 Å². The lowest BCUT2D eigenvalue weighted by atomic mass is 10.1. The van der Waals surface area contributed by atoms with Crippen LogP contribution in [0.1, 0.15) is 5.56 Å². The van der Waals surface area contributed by atoms with Crippen molar-refractivity contribution in [2.24, 2.45) is 10.7 Å². The molecule has 16 heavy (non-hydrogen) atoms. The first-order valence-electron chi connectivity index (χ1n) is 5.16. The number of hydrogen-bond donors (Lipinski definition) is 1. The third-order valence-corrected chi connectivity index (χ3v) is 2.64.